The molecule has 0 aliphatic carbocycles. The van der Waals surface area contributed by atoms with Crippen molar-refractivity contribution in [2.45, 2.75) is 57.6 Å². The van der Waals surface area contributed by atoms with Crippen LogP contribution in [0.15, 0.2) is 59.5 Å². The molecule has 3 aromatic carbocycles. The molecule has 2 atom stereocenters. The van der Waals surface area contributed by atoms with Gasteiger partial charge >= 0.3 is 0 Å². The number of fused-ring (bicyclic) bond motifs is 1. The molecule has 0 saturated heterocycles. The number of nitrogens with one attached hydrogen (secondary N) is 1. The Balaban J connectivity index is 1.64. The summed E-state index contributed by atoms with van der Waals surface area (Å²) in [4.78, 5) is 13.6. The highest BCUT2D eigenvalue weighted by molar-refractivity contribution is 7.92. The van der Waals surface area contributed by atoms with E-state index in [1.54, 1.807) is 31.4 Å². The number of carbonyl (C=O) groups excluding carboxylic acids is 1. The number of benzene rings is 3. The molecule has 8 nitrogen and oxygen atoms in total. The van der Waals surface area contributed by atoms with Gasteiger partial charge in [0.1, 0.15) is 17.2 Å². The maximum Gasteiger partial charge on any atom is 0.264 e. The van der Waals surface area contributed by atoms with Crippen molar-refractivity contribution >= 4 is 21.6 Å². The number of aryl methyl sites for hydroxylation is 2. The van der Waals surface area contributed by atoms with Crippen LogP contribution in [0.2, 0.25) is 0 Å². The average Bonchev–Trinajstić information content (AvgIpc) is 2.91. The first-order chi connectivity index (χ1) is 18.5. The van der Waals surface area contributed by atoms with Gasteiger partial charge in [-0.2, -0.15) is 0 Å². The van der Waals surface area contributed by atoms with E-state index in [1.807, 2.05) is 32.9 Å². The number of rotatable bonds is 8. The molecule has 0 radical (unpaired) electrons. The lowest BCUT2D eigenvalue weighted by atomic mass is 9.93. The largest absolute Gasteiger partial charge is 0.497 e. The monoisotopic (exact) mass is 552 g/mol. The number of methoxy groups -OCH3 is 2. The lowest BCUT2D eigenvalue weighted by molar-refractivity contribution is -0.128. The normalized spacial score (nSPS) is 15.8. The van der Waals surface area contributed by atoms with Gasteiger partial charge in [-0.1, -0.05) is 19.9 Å². The predicted octanol–water partition coefficient (Wildman–Crippen LogP) is 5.28. The molecule has 0 aromatic heterocycles. The topological polar surface area (TPSA) is 94.2 Å². The van der Waals surface area contributed by atoms with Gasteiger partial charge in [-0.05, 0) is 97.5 Å². The highest BCUT2D eigenvalue weighted by Gasteiger charge is 2.38. The molecule has 0 fully saturated rings. The maximum atomic E-state index is 13.8. The lowest BCUT2D eigenvalue weighted by Crippen LogP contribution is -2.51. The van der Waals surface area contributed by atoms with Crippen LogP contribution in [0.5, 0.6) is 17.2 Å². The molecule has 9 heteroatoms. The molecule has 0 saturated carbocycles. The first kappa shape index (κ1) is 28.3. The van der Waals surface area contributed by atoms with E-state index in [9.17, 15) is 13.2 Å². The Bertz CT molecular complexity index is 1470. The maximum absolute atomic E-state index is 13.8. The zero-order valence-corrected chi connectivity index (χ0v) is 24.3. The number of amides is 1. The van der Waals surface area contributed by atoms with Gasteiger partial charge in [0, 0.05) is 0 Å². The number of anilines is 1. The van der Waals surface area contributed by atoms with Crippen LogP contribution in [-0.2, 0) is 14.8 Å². The molecule has 1 aliphatic heterocycles. The van der Waals surface area contributed by atoms with Crippen molar-refractivity contribution in [1.82, 2.24) is 5.32 Å². The second-order valence-corrected chi connectivity index (χ2v) is 12.0. The van der Waals surface area contributed by atoms with Crippen LogP contribution in [-0.4, -0.2) is 41.2 Å². The molecule has 39 heavy (non-hydrogen) atoms. The Hall–Kier alpha value is -3.72. The lowest BCUT2D eigenvalue weighted by Gasteiger charge is -2.35. The fraction of sp³-hybridized carbons (Fsp3) is 0.367. The van der Waals surface area contributed by atoms with Crippen LogP contribution >= 0.6 is 0 Å². The van der Waals surface area contributed by atoms with E-state index < -0.39 is 22.0 Å². The van der Waals surface area contributed by atoms with Crippen LogP contribution in [0.4, 0.5) is 5.69 Å². The Kier molecular flexibility index (Phi) is 8.11. The Morgan fingerprint density at radius 1 is 0.974 bits per heavy atom. The van der Waals surface area contributed by atoms with Crippen molar-refractivity contribution in [1.29, 1.82) is 0 Å². The van der Waals surface area contributed by atoms with E-state index in [2.05, 4.69) is 25.2 Å². The minimum atomic E-state index is -3.99. The molecule has 4 rings (SSSR count). The van der Waals surface area contributed by atoms with E-state index in [1.165, 1.54) is 23.5 Å². The molecule has 1 aliphatic rings. The third kappa shape index (κ3) is 5.68. The Morgan fingerprint density at radius 3 is 2.28 bits per heavy atom. The van der Waals surface area contributed by atoms with E-state index in [-0.39, 0.29) is 23.4 Å². The van der Waals surface area contributed by atoms with Gasteiger partial charge in [-0.25, -0.2) is 8.42 Å². The quantitative estimate of drug-likeness (QED) is 0.409. The third-order valence-electron chi connectivity index (χ3n) is 6.99. The summed E-state index contributed by atoms with van der Waals surface area (Å²) < 4.78 is 45.6. The van der Waals surface area contributed by atoms with Crippen molar-refractivity contribution in [3.63, 3.8) is 0 Å². The van der Waals surface area contributed by atoms with E-state index in [0.29, 0.717) is 17.2 Å². The van der Waals surface area contributed by atoms with E-state index >= 15 is 0 Å². The summed E-state index contributed by atoms with van der Waals surface area (Å²) >= 11 is 0. The van der Waals surface area contributed by atoms with Gasteiger partial charge in [0.15, 0.2) is 6.10 Å². The first-order valence-corrected chi connectivity index (χ1v) is 14.3. The molecule has 1 N–H and O–H groups in total. The van der Waals surface area contributed by atoms with Gasteiger partial charge in [0.2, 0.25) is 0 Å². The Labute approximate surface area is 230 Å². The van der Waals surface area contributed by atoms with Crippen LogP contribution in [0.1, 0.15) is 55.0 Å². The molecule has 1 heterocycles. The Morgan fingerprint density at radius 2 is 1.67 bits per heavy atom. The summed E-state index contributed by atoms with van der Waals surface area (Å²) in [5.41, 5.74) is 4.27. The molecule has 1 amide bonds. The zero-order chi connectivity index (χ0) is 28.5. The second-order valence-electron chi connectivity index (χ2n) is 10.1. The molecule has 3 aromatic rings. The van der Waals surface area contributed by atoms with Crippen LogP contribution in [0.25, 0.3) is 0 Å². The summed E-state index contributed by atoms with van der Waals surface area (Å²) in [6.45, 7) is 9.77. The molecule has 2 unspecified atom stereocenters. The number of sulfonamides is 1. The number of nitrogens with zero attached hydrogens (tertiary/aromatic N) is 1. The highest BCUT2D eigenvalue weighted by Crippen LogP contribution is 2.38. The summed E-state index contributed by atoms with van der Waals surface area (Å²) in [5.74, 6) is 1.53. The minimum Gasteiger partial charge on any atom is -0.497 e. The number of ether oxygens (including phenoxy) is 3. The predicted molar refractivity (Wildman–Crippen MR) is 151 cm³/mol. The number of hydrogen-bond donors (Lipinski definition) is 1. The first-order valence-electron chi connectivity index (χ1n) is 12.9. The van der Waals surface area contributed by atoms with E-state index in [4.69, 9.17) is 14.2 Å². The standard InChI is InChI=1S/C30H36N2O6S/c1-18(2)24-16-25(20(4)15-28(24)37-7)21(5)31-30(33)29-17-32(26-14-19(3)8-13-27(26)38-29)39(34,35)23-11-9-22(36-6)10-12-23/h8-16,18,21,29H,17H2,1-7H3,(H,31,33). The minimum absolute atomic E-state index is 0.0975. The smallest absolute Gasteiger partial charge is 0.264 e. The van der Waals surface area contributed by atoms with Crippen LogP contribution < -0.4 is 23.8 Å². The third-order valence-corrected chi connectivity index (χ3v) is 8.78. The fourth-order valence-electron chi connectivity index (χ4n) is 4.79. The van der Waals surface area contributed by atoms with Crippen molar-refractivity contribution in [2.24, 2.45) is 0 Å². The number of hydrogen-bond acceptors (Lipinski definition) is 6. The average molecular weight is 553 g/mol. The van der Waals surface area contributed by atoms with Gasteiger partial charge < -0.3 is 19.5 Å². The zero-order valence-electron chi connectivity index (χ0n) is 23.4. The molecule has 0 spiro atoms. The summed E-state index contributed by atoms with van der Waals surface area (Å²) in [6, 6.07) is 15.2. The summed E-state index contributed by atoms with van der Waals surface area (Å²) in [6.07, 6.45) is -1.04. The molecule has 0 bridgehead atoms. The molecular formula is C30H36N2O6S. The van der Waals surface area contributed by atoms with Crippen LogP contribution in [0, 0.1) is 13.8 Å². The highest BCUT2D eigenvalue weighted by atomic mass is 32.2. The van der Waals surface area contributed by atoms with Crippen LogP contribution in [0.3, 0.4) is 0 Å². The molecular weight excluding hydrogens is 516 g/mol. The fourth-order valence-corrected chi connectivity index (χ4v) is 6.26. The van der Waals surface area contributed by atoms with Crippen molar-refractivity contribution in [3.05, 3.63) is 76.9 Å². The van der Waals surface area contributed by atoms with E-state index in [0.717, 1.165) is 28.0 Å². The molecule has 208 valence electrons. The van der Waals surface area contributed by atoms with Crippen molar-refractivity contribution in [3.8, 4) is 17.2 Å². The number of carbonyl (C=O) groups is 1. The van der Waals surface area contributed by atoms with Gasteiger partial charge in [0.05, 0.1) is 37.4 Å². The SMILES string of the molecule is COc1ccc(S(=O)(=O)N2CC(C(=O)NC(C)c3cc(C(C)C)c(OC)cc3C)Oc3ccc(C)cc32)cc1. The van der Waals surface area contributed by atoms with Gasteiger partial charge in [-0.15, -0.1) is 0 Å². The van der Waals surface area contributed by atoms with Crippen molar-refractivity contribution in [2.75, 3.05) is 25.1 Å². The second kappa shape index (κ2) is 11.2. The summed E-state index contributed by atoms with van der Waals surface area (Å²) in [5, 5.41) is 3.04. The summed E-state index contributed by atoms with van der Waals surface area (Å²) in [7, 11) is -0.820. The van der Waals surface area contributed by atoms with Gasteiger partial charge in [-0.3, -0.25) is 9.10 Å². The van der Waals surface area contributed by atoms with Gasteiger partial charge in [0.25, 0.3) is 15.9 Å². The van der Waals surface area contributed by atoms with Crippen molar-refractivity contribution < 1.29 is 27.4 Å².